The fourth-order valence-corrected chi connectivity index (χ4v) is 2.25. The van der Waals surface area contributed by atoms with Crippen LogP contribution in [0.4, 0.5) is 5.69 Å². The first-order chi connectivity index (χ1) is 9.16. The Morgan fingerprint density at radius 3 is 2.68 bits per heavy atom. The molecule has 0 aliphatic heterocycles. The van der Waals surface area contributed by atoms with Crippen LogP contribution in [0.25, 0.3) is 0 Å². The Hall–Kier alpha value is -1.94. The van der Waals surface area contributed by atoms with Crippen LogP contribution in [0.3, 0.4) is 0 Å². The molecule has 1 aromatic heterocycles. The molecule has 0 radical (unpaired) electrons. The van der Waals surface area contributed by atoms with E-state index < -0.39 is 0 Å². The quantitative estimate of drug-likeness (QED) is 0.839. The maximum Gasteiger partial charge on any atom is 0.171 e. The number of nitrogens with one attached hydrogen (secondary N) is 2. The van der Waals surface area contributed by atoms with Gasteiger partial charge in [0.15, 0.2) is 5.11 Å². The number of nitrogens with zero attached hydrogens (tertiary/aromatic N) is 1. The second-order valence-corrected chi connectivity index (χ2v) is 4.83. The first-order valence-corrected chi connectivity index (χ1v) is 6.60. The van der Waals surface area contributed by atoms with Gasteiger partial charge in [0.05, 0.1) is 17.9 Å². The van der Waals surface area contributed by atoms with Crippen molar-refractivity contribution in [2.24, 2.45) is 0 Å². The molecule has 98 valence electrons. The lowest BCUT2D eigenvalue weighted by Gasteiger charge is -2.18. The molecular weight excluding hydrogens is 254 g/mol. The maximum atomic E-state index is 5.31. The van der Waals surface area contributed by atoms with E-state index in [1.807, 2.05) is 24.3 Å². The van der Waals surface area contributed by atoms with E-state index >= 15 is 0 Å². The van der Waals surface area contributed by atoms with Gasteiger partial charge < -0.3 is 10.6 Å². The van der Waals surface area contributed by atoms with Gasteiger partial charge >= 0.3 is 0 Å². The summed E-state index contributed by atoms with van der Waals surface area (Å²) >= 11 is 5.31. The van der Waals surface area contributed by atoms with Gasteiger partial charge in [-0.3, -0.25) is 4.98 Å². The number of aryl methyl sites for hydroxylation is 1. The Kier molecular flexibility index (Phi) is 4.47. The minimum absolute atomic E-state index is 0.165. The number of thiocarbonyl (C=S) groups is 1. The number of benzene rings is 1. The molecule has 0 aliphatic carbocycles. The Bertz CT molecular complexity index is 554. The molecule has 1 aromatic carbocycles. The molecule has 1 atom stereocenters. The van der Waals surface area contributed by atoms with Crippen molar-refractivity contribution in [1.82, 2.24) is 10.3 Å². The Morgan fingerprint density at radius 2 is 2.00 bits per heavy atom. The van der Waals surface area contributed by atoms with Crippen molar-refractivity contribution in [3.63, 3.8) is 0 Å². The number of hydrogen-bond acceptors (Lipinski definition) is 2. The van der Waals surface area contributed by atoms with Gasteiger partial charge in [-0.25, -0.2) is 0 Å². The van der Waals surface area contributed by atoms with Gasteiger partial charge in [0, 0.05) is 6.20 Å². The topological polar surface area (TPSA) is 37.0 Å². The van der Waals surface area contributed by atoms with Crippen molar-refractivity contribution in [2.45, 2.75) is 19.9 Å². The highest BCUT2D eigenvalue weighted by molar-refractivity contribution is 7.80. The predicted molar refractivity (Wildman–Crippen MR) is 83.2 cm³/mol. The van der Waals surface area contributed by atoms with Crippen LogP contribution in [-0.4, -0.2) is 10.1 Å². The Labute approximate surface area is 119 Å². The van der Waals surface area contributed by atoms with Gasteiger partial charge in [-0.2, -0.15) is 0 Å². The molecule has 1 heterocycles. The van der Waals surface area contributed by atoms with Gasteiger partial charge in [0.25, 0.3) is 0 Å². The van der Waals surface area contributed by atoms with Crippen LogP contribution >= 0.6 is 12.2 Å². The highest BCUT2D eigenvalue weighted by Crippen LogP contribution is 2.16. The van der Waals surface area contributed by atoms with Crippen molar-refractivity contribution in [3.05, 3.63) is 59.9 Å². The lowest BCUT2D eigenvalue weighted by Crippen LogP contribution is -2.31. The van der Waals surface area contributed by atoms with Gasteiger partial charge in [0.2, 0.25) is 0 Å². The predicted octanol–water partition coefficient (Wildman–Crippen LogP) is 3.44. The van der Waals surface area contributed by atoms with E-state index in [4.69, 9.17) is 12.2 Å². The molecule has 0 fully saturated rings. The molecule has 0 amide bonds. The van der Waals surface area contributed by atoms with Crippen LogP contribution in [0, 0.1) is 6.92 Å². The first kappa shape index (κ1) is 13.5. The molecular formula is C15H17N3S. The van der Waals surface area contributed by atoms with E-state index in [1.54, 1.807) is 12.4 Å². The summed E-state index contributed by atoms with van der Waals surface area (Å²) < 4.78 is 0. The number of rotatable bonds is 3. The smallest absolute Gasteiger partial charge is 0.171 e. The highest BCUT2D eigenvalue weighted by Gasteiger charge is 2.08. The monoisotopic (exact) mass is 271 g/mol. The average molecular weight is 271 g/mol. The number of hydrogen-bond donors (Lipinski definition) is 2. The van der Waals surface area contributed by atoms with Gasteiger partial charge in [-0.1, -0.05) is 24.3 Å². The van der Waals surface area contributed by atoms with Crippen molar-refractivity contribution in [3.8, 4) is 0 Å². The average Bonchev–Trinajstić information content (AvgIpc) is 2.40. The fraction of sp³-hybridized carbons (Fsp3) is 0.200. The van der Waals surface area contributed by atoms with E-state index in [1.165, 1.54) is 11.1 Å². The molecule has 0 aliphatic rings. The number of aromatic nitrogens is 1. The molecule has 19 heavy (non-hydrogen) atoms. The minimum Gasteiger partial charge on any atom is -0.356 e. The molecule has 0 saturated heterocycles. The zero-order valence-electron chi connectivity index (χ0n) is 11.1. The zero-order chi connectivity index (χ0) is 13.7. The summed E-state index contributed by atoms with van der Waals surface area (Å²) in [5.74, 6) is 0. The highest BCUT2D eigenvalue weighted by atomic mass is 32.1. The fourth-order valence-electron chi connectivity index (χ4n) is 1.95. The van der Waals surface area contributed by atoms with Gasteiger partial charge in [0.1, 0.15) is 0 Å². The molecule has 1 unspecified atom stereocenters. The lowest BCUT2D eigenvalue weighted by atomic mass is 10.0. The third-order valence-electron chi connectivity index (χ3n) is 2.92. The first-order valence-electron chi connectivity index (χ1n) is 6.20. The zero-order valence-corrected chi connectivity index (χ0v) is 11.9. The third kappa shape index (κ3) is 3.76. The maximum absolute atomic E-state index is 5.31. The van der Waals surface area contributed by atoms with Crippen LogP contribution in [0.2, 0.25) is 0 Å². The lowest BCUT2D eigenvalue weighted by molar-refractivity contribution is 0.717. The largest absolute Gasteiger partial charge is 0.356 e. The summed E-state index contributed by atoms with van der Waals surface area (Å²) in [5.41, 5.74) is 3.39. The summed E-state index contributed by atoms with van der Waals surface area (Å²) in [5, 5.41) is 7.00. The summed E-state index contributed by atoms with van der Waals surface area (Å²) in [6.07, 6.45) is 3.48. The molecule has 0 saturated carbocycles. The molecule has 2 N–H and O–H groups in total. The van der Waals surface area contributed by atoms with E-state index in [9.17, 15) is 0 Å². The third-order valence-corrected chi connectivity index (χ3v) is 3.14. The van der Waals surface area contributed by atoms with Crippen LogP contribution < -0.4 is 10.6 Å². The van der Waals surface area contributed by atoms with Crippen molar-refractivity contribution in [2.75, 3.05) is 5.32 Å². The van der Waals surface area contributed by atoms with E-state index in [0.29, 0.717) is 5.11 Å². The second-order valence-electron chi connectivity index (χ2n) is 4.42. The molecule has 0 spiro atoms. The van der Waals surface area contributed by atoms with Crippen LogP contribution in [0.5, 0.6) is 0 Å². The summed E-state index contributed by atoms with van der Waals surface area (Å²) in [6.45, 7) is 4.20. The van der Waals surface area contributed by atoms with Crippen LogP contribution in [-0.2, 0) is 0 Å². The molecule has 2 aromatic rings. The molecule has 2 rings (SSSR count). The summed E-state index contributed by atoms with van der Waals surface area (Å²) in [7, 11) is 0. The minimum atomic E-state index is 0.165. The Morgan fingerprint density at radius 1 is 1.21 bits per heavy atom. The second kappa shape index (κ2) is 6.29. The SMILES string of the molecule is Cc1ccccc1C(C)NC(=S)Nc1cccnc1. The molecule has 3 nitrogen and oxygen atoms in total. The molecule has 0 bridgehead atoms. The van der Waals surface area contributed by atoms with Gasteiger partial charge in [-0.05, 0) is 49.3 Å². The van der Waals surface area contributed by atoms with Gasteiger partial charge in [-0.15, -0.1) is 0 Å². The summed E-state index contributed by atoms with van der Waals surface area (Å²) in [4.78, 5) is 4.04. The van der Waals surface area contributed by atoms with Crippen molar-refractivity contribution >= 4 is 23.0 Å². The van der Waals surface area contributed by atoms with Crippen LogP contribution in [0.1, 0.15) is 24.1 Å². The van der Waals surface area contributed by atoms with E-state index in [0.717, 1.165) is 5.69 Å². The van der Waals surface area contributed by atoms with E-state index in [-0.39, 0.29) is 6.04 Å². The van der Waals surface area contributed by atoms with E-state index in [2.05, 4.69) is 41.6 Å². The number of anilines is 1. The van der Waals surface area contributed by atoms with Crippen LogP contribution in [0.15, 0.2) is 48.8 Å². The normalized spacial score (nSPS) is 11.7. The number of pyridine rings is 1. The molecule has 4 heteroatoms. The summed E-state index contributed by atoms with van der Waals surface area (Å²) in [6, 6.07) is 12.3. The Balaban J connectivity index is 1.98. The standard InChI is InChI=1S/C15H17N3S/c1-11-6-3-4-8-14(11)12(2)17-15(19)18-13-7-5-9-16-10-13/h3-10,12H,1-2H3,(H2,17,18,19). The van der Waals surface area contributed by atoms with Crippen molar-refractivity contribution < 1.29 is 0 Å². The van der Waals surface area contributed by atoms with Crippen molar-refractivity contribution in [1.29, 1.82) is 0 Å².